The lowest BCUT2D eigenvalue weighted by Gasteiger charge is -2.14. The molecule has 146 valence electrons. The molecule has 0 bridgehead atoms. The molecule has 0 unspecified atom stereocenters. The number of carbonyl (C=O) groups is 2. The summed E-state index contributed by atoms with van der Waals surface area (Å²) in [5.74, 6) is -0.294. The number of aromatic nitrogens is 2. The first kappa shape index (κ1) is 20.6. The van der Waals surface area contributed by atoms with E-state index in [0.717, 1.165) is 18.5 Å². The highest BCUT2D eigenvalue weighted by atomic mass is 35.5. The van der Waals surface area contributed by atoms with E-state index in [1.807, 2.05) is 29.0 Å². The first-order chi connectivity index (χ1) is 13.5. The zero-order valence-corrected chi connectivity index (χ0v) is 17.4. The molecule has 0 saturated carbocycles. The summed E-state index contributed by atoms with van der Waals surface area (Å²) < 4.78 is 2.41. The van der Waals surface area contributed by atoms with Gasteiger partial charge in [0.25, 0.3) is 5.91 Å². The SMILES string of the molecule is O=C(CCN1C(=O)C(=Cc2ccccc2Cl)SC1=S)NCCCn1ccnc1. The fourth-order valence-corrected chi connectivity index (χ4v) is 4.13. The van der Waals surface area contributed by atoms with E-state index in [1.54, 1.807) is 24.7 Å². The molecule has 1 aliphatic heterocycles. The molecule has 1 saturated heterocycles. The van der Waals surface area contributed by atoms with Crippen LogP contribution < -0.4 is 5.32 Å². The molecule has 0 radical (unpaired) electrons. The van der Waals surface area contributed by atoms with Crippen LogP contribution in [0.2, 0.25) is 5.02 Å². The molecule has 9 heteroatoms. The number of hydrogen-bond acceptors (Lipinski definition) is 5. The second-order valence-corrected chi connectivity index (χ2v) is 8.19. The molecule has 1 aliphatic rings. The Morgan fingerprint density at radius 2 is 2.14 bits per heavy atom. The first-order valence-electron chi connectivity index (χ1n) is 8.77. The summed E-state index contributed by atoms with van der Waals surface area (Å²) >= 11 is 12.7. The summed E-state index contributed by atoms with van der Waals surface area (Å²) in [5.41, 5.74) is 0.764. The minimum absolute atomic E-state index is 0.102. The fraction of sp³-hybridized carbons (Fsp3) is 0.263. The summed E-state index contributed by atoms with van der Waals surface area (Å²) in [4.78, 5) is 30.6. The molecule has 28 heavy (non-hydrogen) atoms. The number of hydrogen-bond donors (Lipinski definition) is 1. The third kappa shape index (κ3) is 5.43. The standard InChI is InChI=1S/C19H19ClN4O2S2/c20-15-5-2-1-4-14(15)12-16-18(26)24(19(27)28-16)10-6-17(25)22-7-3-9-23-11-8-21-13-23/h1-2,4-5,8,11-13H,3,6-7,9-10H2,(H,22,25). The number of amides is 2. The van der Waals surface area contributed by atoms with Crippen LogP contribution in [0.25, 0.3) is 6.08 Å². The van der Waals surface area contributed by atoms with Gasteiger partial charge in [0, 0.05) is 43.5 Å². The zero-order valence-electron chi connectivity index (χ0n) is 15.0. The molecule has 0 aliphatic carbocycles. The molecule has 1 aromatic heterocycles. The molecular weight excluding hydrogens is 416 g/mol. The molecular formula is C19H19ClN4O2S2. The molecule has 0 spiro atoms. The van der Waals surface area contributed by atoms with Crippen molar-refractivity contribution in [3.8, 4) is 0 Å². The lowest BCUT2D eigenvalue weighted by atomic mass is 10.2. The van der Waals surface area contributed by atoms with E-state index in [2.05, 4.69) is 10.3 Å². The molecule has 2 heterocycles. The maximum Gasteiger partial charge on any atom is 0.266 e. The van der Waals surface area contributed by atoms with Crippen molar-refractivity contribution in [2.24, 2.45) is 0 Å². The van der Waals surface area contributed by atoms with Crippen LogP contribution in [0.1, 0.15) is 18.4 Å². The van der Waals surface area contributed by atoms with E-state index in [1.165, 1.54) is 16.7 Å². The minimum atomic E-state index is -0.192. The van der Waals surface area contributed by atoms with Crippen molar-refractivity contribution in [3.05, 3.63) is 58.5 Å². The lowest BCUT2D eigenvalue weighted by Crippen LogP contribution is -2.34. The molecule has 1 aromatic carbocycles. The number of nitrogens with one attached hydrogen (secondary N) is 1. The van der Waals surface area contributed by atoms with Crippen LogP contribution in [0.4, 0.5) is 0 Å². The predicted molar refractivity (Wildman–Crippen MR) is 116 cm³/mol. The highest BCUT2D eigenvalue weighted by molar-refractivity contribution is 8.26. The summed E-state index contributed by atoms with van der Waals surface area (Å²) in [6.45, 7) is 1.63. The zero-order chi connectivity index (χ0) is 19.9. The summed E-state index contributed by atoms with van der Waals surface area (Å²) in [6, 6.07) is 7.30. The van der Waals surface area contributed by atoms with Gasteiger partial charge in [-0.05, 0) is 24.1 Å². The third-order valence-electron chi connectivity index (χ3n) is 4.10. The quantitative estimate of drug-likeness (QED) is 0.392. The Bertz CT molecular complexity index is 899. The normalized spacial score (nSPS) is 15.5. The van der Waals surface area contributed by atoms with Gasteiger partial charge in [-0.2, -0.15) is 0 Å². The van der Waals surface area contributed by atoms with Crippen LogP contribution in [-0.2, 0) is 16.1 Å². The van der Waals surface area contributed by atoms with E-state index in [4.69, 9.17) is 23.8 Å². The van der Waals surface area contributed by atoms with Gasteiger partial charge in [-0.1, -0.05) is 53.8 Å². The average molecular weight is 435 g/mol. The van der Waals surface area contributed by atoms with E-state index in [9.17, 15) is 9.59 Å². The van der Waals surface area contributed by atoms with Gasteiger partial charge >= 0.3 is 0 Å². The van der Waals surface area contributed by atoms with Gasteiger partial charge in [-0.25, -0.2) is 4.98 Å². The van der Waals surface area contributed by atoms with Crippen molar-refractivity contribution in [1.29, 1.82) is 0 Å². The van der Waals surface area contributed by atoms with E-state index in [0.29, 0.717) is 20.8 Å². The number of thiocarbonyl (C=S) groups is 1. The smallest absolute Gasteiger partial charge is 0.266 e. The van der Waals surface area contributed by atoms with Gasteiger partial charge in [0.2, 0.25) is 5.91 Å². The van der Waals surface area contributed by atoms with Gasteiger partial charge in [0.05, 0.1) is 11.2 Å². The lowest BCUT2D eigenvalue weighted by molar-refractivity contribution is -0.123. The van der Waals surface area contributed by atoms with Crippen LogP contribution >= 0.6 is 35.6 Å². The van der Waals surface area contributed by atoms with Gasteiger partial charge in [0.15, 0.2) is 0 Å². The van der Waals surface area contributed by atoms with Crippen LogP contribution in [0.15, 0.2) is 47.9 Å². The molecule has 1 N–H and O–H groups in total. The van der Waals surface area contributed by atoms with Crippen LogP contribution in [0.5, 0.6) is 0 Å². The van der Waals surface area contributed by atoms with Gasteiger partial charge in [0.1, 0.15) is 4.32 Å². The van der Waals surface area contributed by atoms with Crippen LogP contribution in [0.3, 0.4) is 0 Å². The molecule has 0 atom stereocenters. The van der Waals surface area contributed by atoms with E-state index < -0.39 is 0 Å². The third-order valence-corrected chi connectivity index (χ3v) is 5.82. The number of imidazole rings is 1. The Morgan fingerprint density at radius 3 is 2.89 bits per heavy atom. The predicted octanol–water partition coefficient (Wildman–Crippen LogP) is 3.33. The molecule has 3 rings (SSSR count). The number of carbonyl (C=O) groups excluding carboxylic acids is 2. The first-order valence-corrected chi connectivity index (χ1v) is 10.4. The van der Waals surface area contributed by atoms with Gasteiger partial charge in [-0.15, -0.1) is 0 Å². The van der Waals surface area contributed by atoms with Crippen LogP contribution in [0, 0.1) is 0 Å². The summed E-state index contributed by atoms with van der Waals surface area (Å²) in [6.07, 6.45) is 8.10. The Hall–Kier alpha value is -2.16. The van der Waals surface area contributed by atoms with Crippen molar-refractivity contribution in [2.45, 2.75) is 19.4 Å². The van der Waals surface area contributed by atoms with Crippen molar-refractivity contribution in [3.63, 3.8) is 0 Å². The monoisotopic (exact) mass is 434 g/mol. The van der Waals surface area contributed by atoms with Crippen molar-refractivity contribution in [2.75, 3.05) is 13.1 Å². The number of benzene rings is 1. The highest BCUT2D eigenvalue weighted by Gasteiger charge is 2.32. The Balaban J connectivity index is 1.46. The second-order valence-electron chi connectivity index (χ2n) is 6.11. The van der Waals surface area contributed by atoms with E-state index in [-0.39, 0.29) is 24.8 Å². The summed E-state index contributed by atoms with van der Waals surface area (Å²) in [5, 5.41) is 3.44. The summed E-state index contributed by atoms with van der Waals surface area (Å²) in [7, 11) is 0. The maximum atomic E-state index is 12.6. The number of rotatable bonds is 8. The molecule has 6 nitrogen and oxygen atoms in total. The fourth-order valence-electron chi connectivity index (χ4n) is 2.64. The topological polar surface area (TPSA) is 67.2 Å². The van der Waals surface area contributed by atoms with Crippen molar-refractivity contribution < 1.29 is 9.59 Å². The van der Waals surface area contributed by atoms with Crippen LogP contribution in [-0.4, -0.2) is 43.7 Å². The van der Waals surface area contributed by atoms with Crippen molar-refractivity contribution >= 4 is 57.8 Å². The molecule has 2 aromatic rings. The largest absolute Gasteiger partial charge is 0.356 e. The highest BCUT2D eigenvalue weighted by Crippen LogP contribution is 2.33. The average Bonchev–Trinajstić information content (AvgIpc) is 3.28. The number of halogens is 1. The number of thioether (sulfide) groups is 1. The Kier molecular flexibility index (Phi) is 7.24. The molecule has 1 fully saturated rings. The van der Waals surface area contributed by atoms with E-state index >= 15 is 0 Å². The van der Waals surface area contributed by atoms with Gasteiger partial charge < -0.3 is 9.88 Å². The van der Waals surface area contributed by atoms with Crippen molar-refractivity contribution in [1.82, 2.24) is 19.8 Å². The maximum absolute atomic E-state index is 12.6. The Morgan fingerprint density at radius 1 is 1.32 bits per heavy atom. The number of aryl methyl sites for hydroxylation is 1. The molecule has 2 amide bonds. The van der Waals surface area contributed by atoms with Gasteiger partial charge in [-0.3, -0.25) is 14.5 Å². The Labute approximate surface area is 177 Å². The minimum Gasteiger partial charge on any atom is -0.356 e. The second kappa shape index (κ2) is 9.86. The number of nitrogens with zero attached hydrogens (tertiary/aromatic N) is 3.